The lowest BCUT2D eigenvalue weighted by Crippen LogP contribution is -1.96. The summed E-state index contributed by atoms with van der Waals surface area (Å²) in [6.07, 6.45) is 0. The molecule has 96 valence electrons. The second kappa shape index (κ2) is 4.90. The molecule has 0 spiro atoms. The monoisotopic (exact) mass is 261 g/mol. The van der Waals surface area contributed by atoms with E-state index in [1.165, 1.54) is 0 Å². The Morgan fingerprint density at radius 1 is 1.00 bits per heavy atom. The molecule has 0 aliphatic carbocycles. The molecule has 2 aromatic carbocycles. The topological polar surface area (TPSA) is 71.9 Å². The summed E-state index contributed by atoms with van der Waals surface area (Å²) < 4.78 is 5.67. The molecule has 0 unspecified atom stereocenters. The average molecular weight is 261 g/mol. The normalized spacial score (nSPS) is 10.2. The van der Waals surface area contributed by atoms with Crippen LogP contribution in [0.3, 0.4) is 0 Å². The molecule has 3 aromatic rings. The van der Waals surface area contributed by atoms with Crippen LogP contribution in [0.25, 0.3) is 10.8 Å². The Balaban J connectivity index is 1.95. The second-order valence-electron chi connectivity index (χ2n) is 4.31. The summed E-state index contributed by atoms with van der Waals surface area (Å²) in [7, 11) is 0. The van der Waals surface area contributed by atoms with Crippen molar-refractivity contribution in [1.82, 2.24) is 4.98 Å². The van der Waals surface area contributed by atoms with Crippen molar-refractivity contribution in [1.29, 1.82) is 5.26 Å². The predicted molar refractivity (Wildman–Crippen MR) is 77.4 cm³/mol. The number of rotatable bonds is 2. The van der Waals surface area contributed by atoms with Gasteiger partial charge in [-0.3, -0.25) is 0 Å². The highest BCUT2D eigenvalue weighted by Crippen LogP contribution is 2.25. The summed E-state index contributed by atoms with van der Waals surface area (Å²) in [5.74, 6) is 1.02. The summed E-state index contributed by atoms with van der Waals surface area (Å²) in [6, 6.07) is 19.0. The summed E-state index contributed by atoms with van der Waals surface area (Å²) in [6.45, 7) is 0. The molecule has 1 aromatic heterocycles. The first-order valence-corrected chi connectivity index (χ1v) is 6.09. The van der Waals surface area contributed by atoms with Crippen LogP contribution in [0.4, 0.5) is 5.69 Å². The van der Waals surface area contributed by atoms with Crippen molar-refractivity contribution in [3.8, 4) is 17.7 Å². The van der Waals surface area contributed by atoms with Gasteiger partial charge < -0.3 is 10.5 Å². The Kier molecular flexibility index (Phi) is 2.94. The van der Waals surface area contributed by atoms with Crippen LogP contribution in [-0.2, 0) is 0 Å². The number of nitrogens with two attached hydrogens (primary N) is 1. The van der Waals surface area contributed by atoms with Crippen molar-refractivity contribution in [3.63, 3.8) is 0 Å². The highest BCUT2D eigenvalue weighted by atomic mass is 16.5. The fraction of sp³-hybridized carbons (Fsp3) is 0. The standard InChI is InChI=1S/C16H11N3O/c17-10-15-14(18)7-8-16(19-15)20-13-6-5-11-3-1-2-4-12(11)9-13/h1-9H,18H2. The number of hydrogen-bond acceptors (Lipinski definition) is 4. The van der Waals surface area contributed by atoms with Gasteiger partial charge in [0.05, 0.1) is 5.69 Å². The van der Waals surface area contributed by atoms with Gasteiger partial charge in [0.25, 0.3) is 0 Å². The van der Waals surface area contributed by atoms with Crippen LogP contribution >= 0.6 is 0 Å². The van der Waals surface area contributed by atoms with Crippen LogP contribution in [-0.4, -0.2) is 4.98 Å². The maximum absolute atomic E-state index is 8.90. The third-order valence-electron chi connectivity index (χ3n) is 2.95. The minimum atomic E-state index is 0.170. The van der Waals surface area contributed by atoms with Crippen LogP contribution in [0.5, 0.6) is 11.6 Å². The predicted octanol–water partition coefficient (Wildman–Crippen LogP) is 3.48. The molecule has 0 amide bonds. The summed E-state index contributed by atoms with van der Waals surface area (Å²) in [5.41, 5.74) is 6.14. The fourth-order valence-electron chi connectivity index (χ4n) is 1.95. The van der Waals surface area contributed by atoms with E-state index in [0.717, 1.165) is 10.8 Å². The molecular formula is C16H11N3O. The summed E-state index contributed by atoms with van der Waals surface area (Å²) in [5, 5.41) is 11.1. The molecule has 20 heavy (non-hydrogen) atoms. The zero-order valence-electron chi connectivity index (χ0n) is 10.6. The van der Waals surface area contributed by atoms with Gasteiger partial charge in [-0.25, -0.2) is 4.98 Å². The van der Waals surface area contributed by atoms with E-state index in [1.807, 2.05) is 48.5 Å². The van der Waals surface area contributed by atoms with Crippen LogP contribution in [0.2, 0.25) is 0 Å². The van der Waals surface area contributed by atoms with Crippen molar-refractivity contribution in [2.75, 3.05) is 5.73 Å². The number of fused-ring (bicyclic) bond motifs is 1. The van der Waals surface area contributed by atoms with E-state index >= 15 is 0 Å². The number of ether oxygens (including phenoxy) is 1. The van der Waals surface area contributed by atoms with Crippen LogP contribution in [0.1, 0.15) is 5.69 Å². The second-order valence-corrected chi connectivity index (χ2v) is 4.31. The number of nitriles is 1. The first-order valence-electron chi connectivity index (χ1n) is 6.09. The highest BCUT2D eigenvalue weighted by Gasteiger charge is 2.04. The molecule has 4 nitrogen and oxygen atoms in total. The van der Waals surface area contributed by atoms with Gasteiger partial charge in [0, 0.05) is 6.07 Å². The third kappa shape index (κ3) is 2.25. The van der Waals surface area contributed by atoms with Gasteiger partial charge in [-0.2, -0.15) is 5.26 Å². The molecule has 4 heteroatoms. The Labute approximate surface area is 116 Å². The zero-order valence-corrected chi connectivity index (χ0v) is 10.6. The van der Waals surface area contributed by atoms with Gasteiger partial charge in [0.2, 0.25) is 5.88 Å². The van der Waals surface area contributed by atoms with E-state index in [1.54, 1.807) is 12.1 Å². The SMILES string of the molecule is N#Cc1nc(Oc2ccc3ccccc3c2)ccc1N. The molecule has 0 aliphatic rings. The van der Waals surface area contributed by atoms with Gasteiger partial charge >= 0.3 is 0 Å². The maximum Gasteiger partial charge on any atom is 0.220 e. The molecule has 0 radical (unpaired) electrons. The number of benzene rings is 2. The number of anilines is 1. The van der Waals surface area contributed by atoms with Gasteiger partial charge in [-0.1, -0.05) is 30.3 Å². The fourth-order valence-corrected chi connectivity index (χ4v) is 1.95. The van der Waals surface area contributed by atoms with Gasteiger partial charge in [0.15, 0.2) is 5.69 Å². The van der Waals surface area contributed by atoms with Gasteiger partial charge in [0.1, 0.15) is 11.8 Å². The molecule has 0 bridgehead atoms. The number of hydrogen-bond donors (Lipinski definition) is 1. The Morgan fingerprint density at radius 3 is 2.60 bits per heavy atom. The van der Waals surface area contributed by atoms with E-state index in [9.17, 15) is 0 Å². The van der Waals surface area contributed by atoms with Crippen LogP contribution in [0, 0.1) is 11.3 Å². The average Bonchev–Trinajstić information content (AvgIpc) is 2.49. The molecule has 0 fully saturated rings. The molecule has 0 aliphatic heterocycles. The van der Waals surface area contributed by atoms with E-state index in [4.69, 9.17) is 15.7 Å². The Hall–Kier alpha value is -3.06. The Morgan fingerprint density at radius 2 is 1.80 bits per heavy atom. The highest BCUT2D eigenvalue weighted by molar-refractivity contribution is 5.83. The zero-order chi connectivity index (χ0) is 13.9. The molecule has 0 atom stereocenters. The van der Waals surface area contributed by atoms with Crippen LogP contribution in [0.15, 0.2) is 54.6 Å². The Bertz CT molecular complexity index is 821. The number of pyridine rings is 1. The molecular weight excluding hydrogens is 250 g/mol. The summed E-state index contributed by atoms with van der Waals surface area (Å²) >= 11 is 0. The van der Waals surface area contributed by atoms with E-state index in [2.05, 4.69) is 4.98 Å². The van der Waals surface area contributed by atoms with Crippen molar-refractivity contribution in [2.24, 2.45) is 0 Å². The van der Waals surface area contributed by atoms with Crippen molar-refractivity contribution < 1.29 is 4.74 Å². The molecule has 1 heterocycles. The van der Waals surface area contributed by atoms with Crippen molar-refractivity contribution in [3.05, 3.63) is 60.3 Å². The quantitative estimate of drug-likeness (QED) is 0.766. The van der Waals surface area contributed by atoms with Crippen molar-refractivity contribution >= 4 is 16.5 Å². The van der Waals surface area contributed by atoms with Gasteiger partial charge in [-0.05, 0) is 29.0 Å². The largest absolute Gasteiger partial charge is 0.439 e. The first kappa shape index (κ1) is 12.0. The lowest BCUT2D eigenvalue weighted by atomic mass is 10.1. The molecule has 0 saturated carbocycles. The van der Waals surface area contributed by atoms with E-state index in [-0.39, 0.29) is 5.69 Å². The lowest BCUT2D eigenvalue weighted by molar-refractivity contribution is 0.463. The summed E-state index contributed by atoms with van der Waals surface area (Å²) in [4.78, 5) is 4.06. The number of nitrogens with zero attached hydrogens (tertiary/aromatic N) is 2. The van der Waals surface area contributed by atoms with Gasteiger partial charge in [-0.15, -0.1) is 0 Å². The third-order valence-corrected chi connectivity index (χ3v) is 2.95. The minimum absolute atomic E-state index is 0.170. The maximum atomic E-state index is 8.90. The minimum Gasteiger partial charge on any atom is -0.439 e. The molecule has 2 N–H and O–H groups in total. The molecule has 3 rings (SSSR count). The number of aromatic nitrogens is 1. The van der Waals surface area contributed by atoms with E-state index < -0.39 is 0 Å². The number of nitrogen functional groups attached to an aromatic ring is 1. The van der Waals surface area contributed by atoms with Crippen molar-refractivity contribution in [2.45, 2.75) is 0 Å². The lowest BCUT2D eigenvalue weighted by Gasteiger charge is -2.07. The first-order chi connectivity index (χ1) is 9.76. The smallest absolute Gasteiger partial charge is 0.220 e. The van der Waals surface area contributed by atoms with E-state index in [0.29, 0.717) is 17.3 Å². The van der Waals surface area contributed by atoms with Crippen LogP contribution < -0.4 is 10.5 Å². The molecule has 0 saturated heterocycles.